The van der Waals surface area contributed by atoms with E-state index in [4.69, 9.17) is 18.9 Å². The lowest BCUT2D eigenvalue weighted by atomic mass is 9.74. The molecule has 4 aliphatic rings. The van der Waals surface area contributed by atoms with Crippen LogP contribution in [0.1, 0.15) is 86.5 Å². The fourth-order valence-corrected chi connectivity index (χ4v) is 8.35. The van der Waals surface area contributed by atoms with E-state index in [1.54, 1.807) is 27.9 Å². The highest BCUT2D eigenvalue weighted by molar-refractivity contribution is 6.04. The Balaban J connectivity index is 1.62. The van der Waals surface area contributed by atoms with Crippen molar-refractivity contribution >= 4 is 11.8 Å². The van der Waals surface area contributed by atoms with Crippen molar-refractivity contribution in [2.24, 2.45) is 28.6 Å². The van der Waals surface area contributed by atoms with Crippen molar-refractivity contribution in [1.29, 1.82) is 0 Å². The van der Waals surface area contributed by atoms with Gasteiger partial charge >= 0.3 is 5.97 Å². The van der Waals surface area contributed by atoms with Crippen molar-refractivity contribution in [3.63, 3.8) is 0 Å². The van der Waals surface area contributed by atoms with Gasteiger partial charge in [-0.2, -0.15) is 0 Å². The molecule has 4 fully saturated rings. The van der Waals surface area contributed by atoms with Gasteiger partial charge in [0.2, 0.25) is 0 Å². The average molecular weight is 652 g/mol. The molecule has 0 radical (unpaired) electrons. The minimum absolute atomic E-state index is 0.0633. The summed E-state index contributed by atoms with van der Waals surface area (Å²) < 4.78 is 25.2. The van der Waals surface area contributed by atoms with E-state index < -0.39 is 41.4 Å². The maximum atomic E-state index is 14.3. The second kappa shape index (κ2) is 14.8. The molecule has 2 aliphatic heterocycles. The summed E-state index contributed by atoms with van der Waals surface area (Å²) in [6, 6.07) is -0.101. The standard InChI is InChI=1S/C36H65N3O7/c1-23-19-35(6,43-11)31(46-32-29(40)27(37(7)8)18-24(2)45-32)25(3)30(41)34(4,5)33(42)44-22-28(39(10)20-23)36(14-15-36)16-17-38(9)21-26-12-13-26/h23-29,31-32,40H,12-22H2,1-11H3/t23-,24-,25+,27+,28-,29-,31-,32+,35-/m1/s1. The number of ether oxygens (including phenoxy) is 4. The Bertz CT molecular complexity index is 1050. The van der Waals surface area contributed by atoms with Crippen LogP contribution in [-0.4, -0.2) is 135 Å². The molecule has 10 heteroatoms. The maximum Gasteiger partial charge on any atom is 0.319 e. The van der Waals surface area contributed by atoms with Crippen molar-refractivity contribution in [2.75, 3.05) is 61.5 Å². The third-order valence-electron chi connectivity index (χ3n) is 11.7. The Morgan fingerprint density at radius 2 is 1.72 bits per heavy atom. The van der Waals surface area contributed by atoms with Gasteiger partial charge in [-0.25, -0.2) is 0 Å². The Morgan fingerprint density at radius 1 is 1.07 bits per heavy atom. The number of hydrogen-bond donors (Lipinski definition) is 1. The number of aliphatic hydroxyl groups excluding tert-OH is 1. The first-order chi connectivity index (χ1) is 21.4. The van der Waals surface area contributed by atoms with E-state index in [1.165, 1.54) is 12.8 Å². The molecule has 0 aromatic rings. The van der Waals surface area contributed by atoms with Gasteiger partial charge in [-0.3, -0.25) is 14.5 Å². The fraction of sp³-hybridized carbons (Fsp3) is 0.944. The highest BCUT2D eigenvalue weighted by Gasteiger charge is 2.54. The van der Waals surface area contributed by atoms with Gasteiger partial charge in [0, 0.05) is 38.2 Å². The minimum Gasteiger partial charge on any atom is -0.463 e. The zero-order chi connectivity index (χ0) is 34.2. The molecule has 266 valence electrons. The summed E-state index contributed by atoms with van der Waals surface area (Å²) in [4.78, 5) is 34.9. The Kier molecular flexibility index (Phi) is 12.1. The van der Waals surface area contributed by atoms with Crippen LogP contribution in [0.4, 0.5) is 0 Å². The molecule has 2 aliphatic carbocycles. The lowest BCUT2D eigenvalue weighted by molar-refractivity contribution is -0.295. The van der Waals surface area contributed by atoms with Gasteiger partial charge in [-0.1, -0.05) is 13.8 Å². The van der Waals surface area contributed by atoms with Crippen LogP contribution in [0.25, 0.3) is 0 Å². The van der Waals surface area contributed by atoms with E-state index >= 15 is 0 Å². The largest absolute Gasteiger partial charge is 0.463 e. The zero-order valence-electron chi connectivity index (χ0n) is 30.7. The third-order valence-corrected chi connectivity index (χ3v) is 11.7. The molecule has 0 bridgehead atoms. The first-order valence-electron chi connectivity index (χ1n) is 17.7. The van der Waals surface area contributed by atoms with Gasteiger partial charge in [0.05, 0.1) is 17.8 Å². The molecule has 2 saturated carbocycles. The van der Waals surface area contributed by atoms with Crippen molar-refractivity contribution in [3.8, 4) is 0 Å². The molecule has 0 aromatic carbocycles. The summed E-state index contributed by atoms with van der Waals surface area (Å²) in [7, 11) is 9.90. The van der Waals surface area contributed by atoms with Crippen molar-refractivity contribution in [1.82, 2.24) is 14.7 Å². The number of Topliss-reactive ketones (excluding diaryl/α,β-unsaturated/α-hetero) is 1. The van der Waals surface area contributed by atoms with Gasteiger partial charge < -0.3 is 33.9 Å². The highest BCUT2D eigenvalue weighted by Crippen LogP contribution is 2.54. The van der Waals surface area contributed by atoms with E-state index in [0.29, 0.717) is 12.8 Å². The van der Waals surface area contributed by atoms with Crippen LogP contribution in [0.15, 0.2) is 0 Å². The van der Waals surface area contributed by atoms with E-state index in [9.17, 15) is 14.7 Å². The van der Waals surface area contributed by atoms with Crippen molar-refractivity contribution in [3.05, 3.63) is 0 Å². The highest BCUT2D eigenvalue weighted by atomic mass is 16.7. The number of esters is 1. The van der Waals surface area contributed by atoms with E-state index in [-0.39, 0.29) is 41.9 Å². The molecule has 1 N–H and O–H groups in total. The lowest BCUT2D eigenvalue weighted by Gasteiger charge is -2.47. The molecule has 46 heavy (non-hydrogen) atoms. The van der Waals surface area contributed by atoms with Gasteiger partial charge in [0.15, 0.2) is 12.1 Å². The van der Waals surface area contributed by atoms with Gasteiger partial charge in [-0.15, -0.1) is 0 Å². The Morgan fingerprint density at radius 3 is 2.28 bits per heavy atom. The van der Waals surface area contributed by atoms with Crippen molar-refractivity contribution < 1.29 is 33.6 Å². The Hall–Kier alpha value is -1.14. The first-order valence-corrected chi connectivity index (χ1v) is 17.7. The van der Waals surface area contributed by atoms with Gasteiger partial charge in [0.25, 0.3) is 0 Å². The molecular formula is C36H65N3O7. The molecule has 0 amide bonds. The number of likely N-dealkylation sites (N-methyl/N-ethyl adjacent to an activating group) is 2. The molecule has 2 saturated heterocycles. The number of cyclic esters (lactones) is 1. The first kappa shape index (κ1) is 37.7. The molecule has 9 atom stereocenters. The van der Waals surface area contributed by atoms with Gasteiger partial charge in [-0.05, 0) is 125 Å². The van der Waals surface area contributed by atoms with Crippen LogP contribution in [0.3, 0.4) is 0 Å². The van der Waals surface area contributed by atoms with Crippen LogP contribution >= 0.6 is 0 Å². The number of carbonyl (C=O) groups excluding carboxylic acids is 2. The summed E-state index contributed by atoms with van der Waals surface area (Å²) >= 11 is 0. The van der Waals surface area contributed by atoms with Crippen LogP contribution in [0, 0.1) is 28.6 Å². The predicted molar refractivity (Wildman–Crippen MR) is 178 cm³/mol. The van der Waals surface area contributed by atoms with Crippen LogP contribution in [-0.2, 0) is 28.5 Å². The second-order valence-electron chi connectivity index (χ2n) is 16.6. The van der Waals surface area contributed by atoms with Crippen LogP contribution < -0.4 is 0 Å². The molecular weight excluding hydrogens is 586 g/mol. The molecule has 0 spiro atoms. The van der Waals surface area contributed by atoms with E-state index in [2.05, 4.69) is 30.8 Å². The smallest absolute Gasteiger partial charge is 0.319 e. The summed E-state index contributed by atoms with van der Waals surface area (Å²) in [5, 5.41) is 11.4. The molecule has 0 aromatic heterocycles. The monoisotopic (exact) mass is 651 g/mol. The quantitative estimate of drug-likeness (QED) is 0.277. The Labute approximate surface area is 278 Å². The molecule has 4 rings (SSSR count). The fourth-order valence-electron chi connectivity index (χ4n) is 8.35. The summed E-state index contributed by atoms with van der Waals surface area (Å²) in [6.07, 6.45) is 4.47. The maximum absolute atomic E-state index is 14.3. The SMILES string of the molecule is CO[C@]1(C)C[C@@H](C)CN(C)[C@@H](C2(CCN(C)CC3CC3)CC2)COC(=O)C(C)(C)C(=O)[C@H](C)[C@H]1O[C@@H]1O[C@H](C)C[C@H](N(C)C)[C@H]1O. The topological polar surface area (TPSA) is 101 Å². The lowest BCUT2D eigenvalue weighted by Crippen LogP contribution is -2.59. The summed E-state index contributed by atoms with van der Waals surface area (Å²) in [5.74, 6) is -0.491. The van der Waals surface area contributed by atoms with Crippen LogP contribution in [0.5, 0.6) is 0 Å². The number of hydrogen-bond acceptors (Lipinski definition) is 10. The number of rotatable bonds is 10. The molecule has 10 nitrogen and oxygen atoms in total. The summed E-state index contributed by atoms with van der Waals surface area (Å²) in [6.45, 7) is 14.5. The molecule has 0 unspecified atom stereocenters. The van der Waals surface area contributed by atoms with Crippen molar-refractivity contribution in [2.45, 2.75) is 129 Å². The zero-order valence-corrected chi connectivity index (χ0v) is 30.7. The minimum atomic E-state index is -1.40. The number of nitrogens with zero attached hydrogens (tertiary/aromatic N) is 3. The predicted octanol–water partition coefficient (Wildman–Crippen LogP) is 3.83. The number of ketones is 1. The van der Waals surface area contributed by atoms with Gasteiger partial charge in [0.1, 0.15) is 18.1 Å². The van der Waals surface area contributed by atoms with E-state index in [0.717, 1.165) is 44.8 Å². The normalized spacial score (nSPS) is 39.4. The molecule has 2 heterocycles. The average Bonchev–Trinajstić information content (AvgIpc) is 3.92. The van der Waals surface area contributed by atoms with Crippen LogP contribution in [0.2, 0.25) is 0 Å². The third kappa shape index (κ3) is 8.52. The van der Waals surface area contributed by atoms with E-state index in [1.807, 2.05) is 32.8 Å². The number of aliphatic hydroxyl groups is 1. The number of methoxy groups -OCH3 is 1. The number of carbonyl (C=O) groups is 2. The second-order valence-corrected chi connectivity index (χ2v) is 16.6. The summed E-state index contributed by atoms with van der Waals surface area (Å²) in [5.41, 5.74) is -2.21.